The molecule has 12 aromatic carbocycles. The summed E-state index contributed by atoms with van der Waals surface area (Å²) in [6, 6.07) is 94.1. The van der Waals surface area contributed by atoms with Gasteiger partial charge in [0, 0.05) is 16.5 Å². The molecule has 12 rings (SSSR count). The van der Waals surface area contributed by atoms with Crippen molar-refractivity contribution >= 4 is 34.4 Å². The van der Waals surface area contributed by atoms with Gasteiger partial charge in [-0.15, -0.1) is 0 Å². The molecule has 0 N–H and O–H groups in total. The largest absolute Gasteiger partial charge is 0.530 e. The van der Waals surface area contributed by atoms with Gasteiger partial charge >= 0.3 is 34.4 Å². The molecular weight excluding hydrogens is 1380 g/mol. The molecule has 522 valence electrons. The van der Waals surface area contributed by atoms with Gasteiger partial charge < -0.3 is 54.3 Å². The first-order chi connectivity index (χ1) is 48.3. The summed E-state index contributed by atoms with van der Waals surface area (Å²) < 4.78 is 71.5. The molecular formula is C84H84NiO12P4. The van der Waals surface area contributed by atoms with E-state index >= 15 is 0 Å². The number of hydrogen-bond donors (Lipinski definition) is 0. The summed E-state index contributed by atoms with van der Waals surface area (Å²) >= 11 is 0. The van der Waals surface area contributed by atoms with E-state index < -0.39 is 34.4 Å². The van der Waals surface area contributed by atoms with Crippen LogP contribution in [0.1, 0.15) is 66.8 Å². The minimum atomic E-state index is -1.62. The van der Waals surface area contributed by atoms with Gasteiger partial charge in [-0.1, -0.05) is 212 Å². The van der Waals surface area contributed by atoms with Crippen LogP contribution in [0.25, 0.3) is 0 Å². The molecule has 12 nitrogen and oxygen atoms in total. The van der Waals surface area contributed by atoms with Gasteiger partial charge in [-0.2, -0.15) is 0 Å². The summed E-state index contributed by atoms with van der Waals surface area (Å²) in [7, 11) is -6.47. The Balaban J connectivity index is 0.000000171. The topological polar surface area (TPSA) is 111 Å². The fourth-order valence-corrected chi connectivity index (χ4v) is 12.4. The zero-order valence-corrected chi connectivity index (χ0v) is 63.3. The number of hydrogen-bond acceptors (Lipinski definition) is 12. The average molecular weight is 1470 g/mol. The summed E-state index contributed by atoms with van der Waals surface area (Å²) in [5, 5.41) is 0. The van der Waals surface area contributed by atoms with Crippen molar-refractivity contribution < 1.29 is 70.8 Å². The van der Waals surface area contributed by atoms with Crippen LogP contribution in [0.15, 0.2) is 291 Å². The number of benzene rings is 12. The predicted molar refractivity (Wildman–Crippen MR) is 409 cm³/mol. The average Bonchev–Trinajstić information content (AvgIpc) is 0.920. The van der Waals surface area contributed by atoms with Crippen LogP contribution in [0.3, 0.4) is 0 Å². The molecule has 0 aliphatic rings. The second kappa shape index (κ2) is 40.0. The molecule has 0 saturated carbocycles. The molecule has 0 amide bonds. The van der Waals surface area contributed by atoms with Crippen LogP contribution in [-0.2, 0) is 16.5 Å². The molecule has 101 heavy (non-hydrogen) atoms. The van der Waals surface area contributed by atoms with Gasteiger partial charge in [0.2, 0.25) is 0 Å². The Morgan fingerprint density at radius 3 is 0.238 bits per heavy atom. The van der Waals surface area contributed by atoms with Gasteiger partial charge in [-0.3, -0.25) is 0 Å². The van der Waals surface area contributed by atoms with Crippen LogP contribution in [-0.4, -0.2) is 0 Å². The quantitative estimate of drug-likeness (QED) is 0.0424. The third kappa shape index (κ3) is 28.2. The molecule has 0 atom stereocenters. The standard InChI is InChI=1S/4C21H21O3P.Ni/c4*1-16-4-10-19(11-5-16)22-25(23-20-12-6-17(2)7-13-20)24-21-14-8-18(3)9-15-21;/h4*4-15H,1-3H3;. The van der Waals surface area contributed by atoms with Crippen molar-refractivity contribution in [2.24, 2.45) is 0 Å². The van der Waals surface area contributed by atoms with Crippen molar-refractivity contribution in [1.29, 1.82) is 0 Å². The second-order valence-corrected chi connectivity index (χ2v) is 27.7. The van der Waals surface area contributed by atoms with Crippen molar-refractivity contribution in [3.05, 3.63) is 358 Å². The molecule has 0 aliphatic carbocycles. The zero-order valence-electron chi connectivity index (χ0n) is 58.7. The van der Waals surface area contributed by atoms with E-state index in [1.54, 1.807) is 0 Å². The van der Waals surface area contributed by atoms with Gasteiger partial charge in [0.15, 0.2) is 0 Å². The summed E-state index contributed by atoms with van der Waals surface area (Å²) in [6.07, 6.45) is 0. The summed E-state index contributed by atoms with van der Waals surface area (Å²) in [6.45, 7) is 24.5. The molecule has 0 fully saturated rings. The first-order valence-corrected chi connectivity index (χ1v) is 36.9. The summed E-state index contributed by atoms with van der Waals surface area (Å²) in [5.41, 5.74) is 14.1. The molecule has 0 bridgehead atoms. The Kier molecular flexibility index (Phi) is 30.6. The van der Waals surface area contributed by atoms with Crippen molar-refractivity contribution in [1.82, 2.24) is 0 Å². The number of aryl methyl sites for hydroxylation is 12. The predicted octanol–water partition coefficient (Wildman–Crippen LogP) is 25.5. The minimum Gasteiger partial charge on any atom is -0.409 e. The maximum Gasteiger partial charge on any atom is 0.530 e. The zero-order chi connectivity index (χ0) is 70.6. The van der Waals surface area contributed by atoms with Gasteiger partial charge in [0.05, 0.1) is 0 Å². The smallest absolute Gasteiger partial charge is 0.409 e. The Morgan fingerprint density at radius 1 is 0.119 bits per heavy atom. The van der Waals surface area contributed by atoms with Gasteiger partial charge in [-0.25, -0.2) is 0 Å². The first-order valence-electron chi connectivity index (χ1n) is 32.5. The van der Waals surface area contributed by atoms with Crippen LogP contribution in [0.5, 0.6) is 69.0 Å². The molecule has 0 aliphatic heterocycles. The van der Waals surface area contributed by atoms with Crippen LogP contribution < -0.4 is 54.3 Å². The van der Waals surface area contributed by atoms with Crippen LogP contribution in [0.2, 0.25) is 0 Å². The van der Waals surface area contributed by atoms with E-state index in [9.17, 15) is 0 Å². The molecule has 0 aromatic heterocycles. The molecule has 0 unspecified atom stereocenters. The Labute approximate surface area is 611 Å². The van der Waals surface area contributed by atoms with E-state index in [-0.39, 0.29) is 16.5 Å². The van der Waals surface area contributed by atoms with Gasteiger partial charge in [-0.05, 0) is 229 Å². The maximum absolute atomic E-state index is 5.96. The van der Waals surface area contributed by atoms with E-state index in [0.29, 0.717) is 0 Å². The molecule has 12 aromatic rings. The van der Waals surface area contributed by atoms with E-state index in [0.717, 1.165) is 69.0 Å². The number of rotatable bonds is 24. The van der Waals surface area contributed by atoms with Crippen molar-refractivity contribution in [3.8, 4) is 69.0 Å². The molecule has 0 radical (unpaired) electrons. The Morgan fingerprint density at radius 2 is 0.178 bits per heavy atom. The maximum atomic E-state index is 5.96. The van der Waals surface area contributed by atoms with E-state index in [4.69, 9.17) is 54.3 Å². The monoisotopic (exact) mass is 1470 g/mol. The van der Waals surface area contributed by atoms with Crippen LogP contribution >= 0.6 is 34.4 Å². The van der Waals surface area contributed by atoms with Crippen molar-refractivity contribution in [2.45, 2.75) is 83.1 Å². The SMILES string of the molecule is Cc1ccc(OP(Oc2ccc(C)cc2)Oc2ccc(C)cc2)cc1.Cc1ccc(OP(Oc2ccc(C)cc2)Oc2ccc(C)cc2)cc1.Cc1ccc(OP(Oc2ccc(C)cc2)Oc2ccc(C)cc2)cc1.Cc1ccc(OP(Oc2ccc(C)cc2)Oc2ccc(C)cc2)cc1.[Ni]. The van der Waals surface area contributed by atoms with E-state index in [1.807, 2.05) is 374 Å². The second-order valence-electron chi connectivity index (χ2n) is 23.7. The summed E-state index contributed by atoms with van der Waals surface area (Å²) in [5.74, 6) is 8.62. The third-order valence-electron chi connectivity index (χ3n) is 14.4. The summed E-state index contributed by atoms with van der Waals surface area (Å²) in [4.78, 5) is 0. The molecule has 0 heterocycles. The third-order valence-corrected chi connectivity index (χ3v) is 18.7. The molecule has 17 heteroatoms. The fourth-order valence-electron chi connectivity index (χ4n) is 8.45. The Hall–Kier alpha value is -9.55. The van der Waals surface area contributed by atoms with E-state index in [1.165, 1.54) is 66.8 Å². The Bertz CT molecular complexity index is 3310. The fraction of sp³-hybridized carbons (Fsp3) is 0.143. The van der Waals surface area contributed by atoms with Crippen LogP contribution in [0, 0.1) is 83.1 Å². The van der Waals surface area contributed by atoms with Crippen molar-refractivity contribution in [3.63, 3.8) is 0 Å². The van der Waals surface area contributed by atoms with Crippen molar-refractivity contribution in [2.75, 3.05) is 0 Å². The first kappa shape index (κ1) is 77.2. The van der Waals surface area contributed by atoms with Gasteiger partial charge in [0.1, 0.15) is 69.0 Å². The van der Waals surface area contributed by atoms with E-state index in [2.05, 4.69) is 0 Å². The molecule has 0 spiro atoms. The van der Waals surface area contributed by atoms with Gasteiger partial charge in [0.25, 0.3) is 0 Å². The normalized spacial score (nSPS) is 10.5. The minimum absolute atomic E-state index is 0. The molecule has 0 saturated heterocycles. The van der Waals surface area contributed by atoms with Crippen LogP contribution in [0.4, 0.5) is 0 Å².